The molecule has 1 aromatic heterocycles. The van der Waals surface area contributed by atoms with Crippen LogP contribution in [0.5, 0.6) is 0 Å². The number of carbonyl (C=O) groups is 2. The smallest absolute Gasteiger partial charge is 0.355 e. The summed E-state index contributed by atoms with van der Waals surface area (Å²) in [6, 6.07) is 4.03. The largest absolute Gasteiger partial charge is 0.453 e. The molecule has 2 aromatic rings. The highest BCUT2D eigenvalue weighted by atomic mass is 35.5. The Labute approximate surface area is 117 Å². The van der Waals surface area contributed by atoms with Crippen molar-refractivity contribution in [3.63, 3.8) is 0 Å². The molecule has 2 rings (SSSR count). The van der Waals surface area contributed by atoms with Crippen molar-refractivity contribution in [3.8, 4) is 0 Å². The van der Waals surface area contributed by atoms with Gasteiger partial charge in [-0.05, 0) is 24.3 Å². The van der Waals surface area contributed by atoms with E-state index in [4.69, 9.17) is 16.3 Å². The zero-order chi connectivity index (χ0) is 14.7. The summed E-state index contributed by atoms with van der Waals surface area (Å²) in [5.74, 6) is -3.61. The van der Waals surface area contributed by atoms with Crippen molar-refractivity contribution in [1.82, 2.24) is 4.98 Å². The Balaban J connectivity index is 1.98. The lowest BCUT2D eigenvalue weighted by molar-refractivity contribution is 0.0469. The van der Waals surface area contributed by atoms with Gasteiger partial charge in [-0.25, -0.2) is 13.6 Å². The molecule has 1 aromatic carbocycles. The third-order valence-corrected chi connectivity index (χ3v) is 2.66. The molecule has 0 unspecified atom stereocenters. The molecule has 0 amide bonds. The highest BCUT2D eigenvalue weighted by Crippen LogP contribution is 2.12. The number of aromatic nitrogens is 1. The normalized spacial score (nSPS) is 10.3. The number of nitrogens with one attached hydrogen (secondary N) is 1. The van der Waals surface area contributed by atoms with Gasteiger partial charge in [0.15, 0.2) is 24.0 Å². The predicted octanol–water partition coefficient (Wildman–Crippen LogP) is 2.99. The van der Waals surface area contributed by atoms with Crippen molar-refractivity contribution in [2.24, 2.45) is 0 Å². The molecule has 104 valence electrons. The molecular weight excluding hydrogens is 292 g/mol. The number of Topliss-reactive ketones (excluding diaryl/α,β-unsaturated/α-hetero) is 1. The Morgan fingerprint density at radius 3 is 2.55 bits per heavy atom. The first-order valence-corrected chi connectivity index (χ1v) is 5.84. The van der Waals surface area contributed by atoms with Crippen molar-refractivity contribution in [1.29, 1.82) is 0 Å². The van der Waals surface area contributed by atoms with Crippen molar-refractivity contribution >= 4 is 23.4 Å². The molecule has 0 aliphatic carbocycles. The van der Waals surface area contributed by atoms with Gasteiger partial charge >= 0.3 is 5.97 Å². The summed E-state index contributed by atoms with van der Waals surface area (Å²) in [5, 5.41) is 0.323. The van der Waals surface area contributed by atoms with Gasteiger partial charge in [0.1, 0.15) is 5.69 Å². The summed E-state index contributed by atoms with van der Waals surface area (Å²) in [4.78, 5) is 25.7. The van der Waals surface area contributed by atoms with E-state index in [1.54, 1.807) is 0 Å². The molecule has 0 aliphatic heterocycles. The number of hydrogen-bond acceptors (Lipinski definition) is 3. The van der Waals surface area contributed by atoms with Gasteiger partial charge in [0.25, 0.3) is 0 Å². The zero-order valence-corrected chi connectivity index (χ0v) is 10.7. The summed E-state index contributed by atoms with van der Waals surface area (Å²) >= 11 is 5.61. The Hall–Kier alpha value is -2.21. The van der Waals surface area contributed by atoms with E-state index in [0.717, 1.165) is 18.2 Å². The van der Waals surface area contributed by atoms with Crippen molar-refractivity contribution in [3.05, 3.63) is 58.4 Å². The molecule has 0 aliphatic rings. The van der Waals surface area contributed by atoms with Gasteiger partial charge < -0.3 is 9.72 Å². The number of H-pyrrole nitrogens is 1. The molecule has 0 saturated heterocycles. The third-order valence-electron chi connectivity index (χ3n) is 2.44. The van der Waals surface area contributed by atoms with E-state index in [-0.39, 0.29) is 11.3 Å². The highest BCUT2D eigenvalue weighted by molar-refractivity contribution is 6.30. The summed E-state index contributed by atoms with van der Waals surface area (Å²) in [5.41, 5.74) is 0.00862. The maximum Gasteiger partial charge on any atom is 0.355 e. The van der Waals surface area contributed by atoms with Crippen LogP contribution >= 0.6 is 11.6 Å². The number of ether oxygens (including phenoxy) is 1. The number of aromatic amines is 1. The van der Waals surface area contributed by atoms with Crippen LogP contribution in [0.2, 0.25) is 5.02 Å². The molecule has 0 fully saturated rings. The summed E-state index contributed by atoms with van der Waals surface area (Å²) < 4.78 is 30.4. The van der Waals surface area contributed by atoms with Gasteiger partial charge in [0.2, 0.25) is 0 Å². The van der Waals surface area contributed by atoms with Crippen LogP contribution in [0.25, 0.3) is 0 Å². The Kier molecular flexibility index (Phi) is 4.14. The first-order chi connectivity index (χ1) is 9.47. The lowest BCUT2D eigenvalue weighted by Crippen LogP contribution is -2.14. The van der Waals surface area contributed by atoms with Crippen molar-refractivity contribution in [2.45, 2.75) is 0 Å². The second-order valence-corrected chi connectivity index (χ2v) is 4.30. The second kappa shape index (κ2) is 5.83. The molecule has 20 heavy (non-hydrogen) atoms. The van der Waals surface area contributed by atoms with Gasteiger partial charge in [-0.1, -0.05) is 11.6 Å². The quantitative estimate of drug-likeness (QED) is 0.697. The molecule has 1 N–H and O–H groups in total. The zero-order valence-electron chi connectivity index (χ0n) is 9.95. The average molecular weight is 300 g/mol. The Morgan fingerprint density at radius 1 is 1.20 bits per heavy atom. The maximum absolute atomic E-state index is 13.0. The van der Waals surface area contributed by atoms with E-state index >= 15 is 0 Å². The fourth-order valence-electron chi connectivity index (χ4n) is 1.45. The minimum absolute atomic E-state index is 0.0822. The maximum atomic E-state index is 13.0. The van der Waals surface area contributed by atoms with Crippen LogP contribution in [0.1, 0.15) is 20.8 Å². The minimum atomic E-state index is -1.14. The van der Waals surface area contributed by atoms with Crippen molar-refractivity contribution < 1.29 is 23.1 Å². The number of benzene rings is 1. The van der Waals surface area contributed by atoms with E-state index in [1.165, 1.54) is 12.3 Å². The Morgan fingerprint density at radius 2 is 1.95 bits per heavy atom. The molecule has 7 heteroatoms. The monoisotopic (exact) mass is 299 g/mol. The van der Waals surface area contributed by atoms with Gasteiger partial charge in [-0.3, -0.25) is 4.79 Å². The van der Waals surface area contributed by atoms with E-state index in [1.807, 2.05) is 0 Å². The number of carbonyl (C=O) groups excluding carboxylic acids is 2. The van der Waals surface area contributed by atoms with Crippen LogP contribution in [0, 0.1) is 11.6 Å². The summed E-state index contributed by atoms with van der Waals surface area (Å²) in [7, 11) is 0. The van der Waals surface area contributed by atoms with E-state index in [0.29, 0.717) is 5.02 Å². The molecule has 0 atom stereocenters. The molecule has 1 heterocycles. The van der Waals surface area contributed by atoms with Crippen LogP contribution in [-0.4, -0.2) is 23.3 Å². The van der Waals surface area contributed by atoms with Crippen LogP contribution in [0.3, 0.4) is 0 Å². The van der Waals surface area contributed by atoms with E-state index < -0.39 is 30.0 Å². The number of halogens is 3. The minimum Gasteiger partial charge on any atom is -0.453 e. The number of ketones is 1. The Bertz CT molecular complexity index is 669. The lowest BCUT2D eigenvalue weighted by atomic mass is 10.1. The highest BCUT2D eigenvalue weighted by Gasteiger charge is 2.14. The SMILES string of the molecule is O=C(COC(=O)c1cc(Cl)c[nH]1)c1ccc(F)c(F)c1. The number of esters is 1. The fourth-order valence-corrected chi connectivity index (χ4v) is 1.61. The molecule has 0 bridgehead atoms. The van der Waals surface area contributed by atoms with E-state index in [2.05, 4.69) is 4.98 Å². The number of rotatable bonds is 4. The number of hydrogen-bond donors (Lipinski definition) is 1. The van der Waals surface area contributed by atoms with Gasteiger partial charge in [-0.15, -0.1) is 0 Å². The molecule has 0 saturated carbocycles. The van der Waals surface area contributed by atoms with Crippen LogP contribution in [0.15, 0.2) is 30.5 Å². The summed E-state index contributed by atoms with van der Waals surface area (Å²) in [6.07, 6.45) is 1.38. The molecule has 0 radical (unpaired) electrons. The van der Waals surface area contributed by atoms with E-state index in [9.17, 15) is 18.4 Å². The fraction of sp³-hybridized carbons (Fsp3) is 0.0769. The van der Waals surface area contributed by atoms with Crippen LogP contribution in [0.4, 0.5) is 8.78 Å². The molecule has 4 nitrogen and oxygen atoms in total. The third kappa shape index (κ3) is 3.21. The topological polar surface area (TPSA) is 59.2 Å². The first kappa shape index (κ1) is 14.2. The first-order valence-electron chi connectivity index (χ1n) is 5.46. The molecule has 0 spiro atoms. The molecular formula is C13H8ClF2NO3. The van der Waals surface area contributed by atoms with Gasteiger partial charge in [0.05, 0.1) is 5.02 Å². The van der Waals surface area contributed by atoms with Crippen molar-refractivity contribution in [2.75, 3.05) is 6.61 Å². The van der Waals surface area contributed by atoms with Crippen LogP contribution < -0.4 is 0 Å². The van der Waals surface area contributed by atoms with Crippen LogP contribution in [-0.2, 0) is 4.74 Å². The average Bonchev–Trinajstić information content (AvgIpc) is 2.85. The standard InChI is InChI=1S/C13H8ClF2NO3/c14-8-4-11(17-5-8)13(19)20-6-12(18)7-1-2-9(15)10(16)3-7/h1-5,17H,6H2. The second-order valence-electron chi connectivity index (χ2n) is 3.86. The summed E-state index contributed by atoms with van der Waals surface area (Å²) in [6.45, 7) is -0.583. The predicted molar refractivity (Wildman–Crippen MR) is 66.8 cm³/mol. The lowest BCUT2D eigenvalue weighted by Gasteiger charge is -2.03. The van der Waals surface area contributed by atoms with Gasteiger partial charge in [-0.2, -0.15) is 0 Å². The van der Waals surface area contributed by atoms with Gasteiger partial charge in [0, 0.05) is 11.8 Å².